The molecular weight excluding hydrogens is 270 g/mol. The van der Waals surface area contributed by atoms with Crippen LogP contribution in [0.4, 0.5) is 10.5 Å². The predicted octanol–water partition coefficient (Wildman–Crippen LogP) is 1.60. The quantitative estimate of drug-likeness (QED) is 0.785. The van der Waals surface area contributed by atoms with Gasteiger partial charge in [0.05, 0.1) is 12.1 Å². The molecule has 6 nitrogen and oxygen atoms in total. The van der Waals surface area contributed by atoms with Gasteiger partial charge >= 0.3 is 6.03 Å². The lowest BCUT2D eigenvalue weighted by Crippen LogP contribution is -2.44. The van der Waals surface area contributed by atoms with E-state index in [0.29, 0.717) is 16.5 Å². The van der Waals surface area contributed by atoms with E-state index in [1.165, 1.54) is 14.2 Å². The molecule has 3 amide bonds. The SMILES string of the molecule is CNC(=O)NC(=O)C(C)Nc1ccc(Cl)c(OC)c1. The number of benzene rings is 1. The molecule has 0 aliphatic heterocycles. The summed E-state index contributed by atoms with van der Waals surface area (Å²) in [5.74, 6) is 0.0684. The monoisotopic (exact) mass is 285 g/mol. The number of carbonyl (C=O) groups is 2. The zero-order valence-electron chi connectivity index (χ0n) is 10.9. The van der Waals surface area contributed by atoms with Crippen molar-refractivity contribution >= 4 is 29.2 Å². The number of rotatable bonds is 4. The van der Waals surface area contributed by atoms with Crippen LogP contribution in [-0.4, -0.2) is 32.1 Å². The number of anilines is 1. The zero-order chi connectivity index (χ0) is 14.4. The van der Waals surface area contributed by atoms with E-state index in [9.17, 15) is 9.59 Å². The average Bonchev–Trinajstić information content (AvgIpc) is 2.40. The molecule has 19 heavy (non-hydrogen) atoms. The van der Waals surface area contributed by atoms with E-state index in [4.69, 9.17) is 16.3 Å². The molecule has 0 fully saturated rings. The largest absolute Gasteiger partial charge is 0.495 e. The lowest BCUT2D eigenvalue weighted by atomic mass is 10.2. The van der Waals surface area contributed by atoms with Gasteiger partial charge in [-0.15, -0.1) is 0 Å². The summed E-state index contributed by atoms with van der Waals surface area (Å²) in [7, 11) is 2.94. The van der Waals surface area contributed by atoms with Crippen molar-refractivity contribution in [1.29, 1.82) is 0 Å². The van der Waals surface area contributed by atoms with E-state index in [1.54, 1.807) is 25.1 Å². The van der Waals surface area contributed by atoms with Gasteiger partial charge in [0.1, 0.15) is 11.8 Å². The number of carbonyl (C=O) groups excluding carboxylic acids is 2. The standard InChI is InChI=1S/C12H16ClN3O3/c1-7(11(17)16-12(18)14-2)15-8-4-5-9(13)10(6-8)19-3/h4-7,15H,1-3H3,(H2,14,16,17,18). The van der Waals surface area contributed by atoms with Crippen LogP contribution in [-0.2, 0) is 4.79 Å². The summed E-state index contributed by atoms with van der Waals surface area (Å²) < 4.78 is 5.07. The number of imide groups is 1. The highest BCUT2D eigenvalue weighted by atomic mass is 35.5. The third-order valence-corrected chi connectivity index (χ3v) is 2.70. The Morgan fingerprint density at radius 1 is 1.37 bits per heavy atom. The number of hydrogen-bond acceptors (Lipinski definition) is 4. The van der Waals surface area contributed by atoms with Gasteiger partial charge in [0, 0.05) is 18.8 Å². The normalized spacial score (nSPS) is 11.4. The van der Waals surface area contributed by atoms with Gasteiger partial charge < -0.3 is 15.4 Å². The molecule has 1 aromatic rings. The van der Waals surface area contributed by atoms with E-state index in [0.717, 1.165) is 0 Å². The molecule has 0 aliphatic carbocycles. The summed E-state index contributed by atoms with van der Waals surface area (Å²) in [5.41, 5.74) is 0.667. The molecule has 1 rings (SSSR count). The predicted molar refractivity (Wildman–Crippen MR) is 73.7 cm³/mol. The number of ether oxygens (including phenoxy) is 1. The van der Waals surface area contributed by atoms with Crippen molar-refractivity contribution in [3.63, 3.8) is 0 Å². The highest BCUT2D eigenvalue weighted by Crippen LogP contribution is 2.27. The van der Waals surface area contributed by atoms with Crippen LogP contribution in [0.25, 0.3) is 0 Å². The van der Waals surface area contributed by atoms with Gasteiger partial charge in [-0.25, -0.2) is 4.79 Å². The van der Waals surface area contributed by atoms with E-state index >= 15 is 0 Å². The lowest BCUT2D eigenvalue weighted by molar-refractivity contribution is -0.120. The van der Waals surface area contributed by atoms with Gasteiger partial charge in [-0.3, -0.25) is 10.1 Å². The van der Waals surface area contributed by atoms with Gasteiger partial charge in [0.2, 0.25) is 5.91 Å². The van der Waals surface area contributed by atoms with Crippen LogP contribution in [0.3, 0.4) is 0 Å². The molecule has 1 aromatic carbocycles. The summed E-state index contributed by atoms with van der Waals surface area (Å²) in [6.07, 6.45) is 0. The molecule has 0 aromatic heterocycles. The maximum atomic E-state index is 11.6. The van der Waals surface area contributed by atoms with Crippen molar-refractivity contribution in [2.24, 2.45) is 0 Å². The Hall–Kier alpha value is -1.95. The molecule has 0 saturated heterocycles. The van der Waals surface area contributed by atoms with Crippen molar-refractivity contribution in [2.75, 3.05) is 19.5 Å². The Morgan fingerprint density at radius 2 is 2.05 bits per heavy atom. The second-order valence-corrected chi connectivity index (χ2v) is 4.19. The van der Waals surface area contributed by atoms with Crippen LogP contribution in [0.1, 0.15) is 6.92 Å². The first kappa shape index (κ1) is 15.1. The smallest absolute Gasteiger partial charge is 0.321 e. The Kier molecular flexibility index (Phi) is 5.44. The van der Waals surface area contributed by atoms with E-state index in [2.05, 4.69) is 16.0 Å². The van der Waals surface area contributed by atoms with Crippen molar-refractivity contribution in [1.82, 2.24) is 10.6 Å². The summed E-state index contributed by atoms with van der Waals surface area (Å²) in [6, 6.07) is 3.92. The molecule has 1 atom stereocenters. The maximum absolute atomic E-state index is 11.6. The molecule has 104 valence electrons. The number of halogens is 1. The first-order chi connectivity index (χ1) is 8.97. The van der Waals surface area contributed by atoms with Crippen LogP contribution >= 0.6 is 11.6 Å². The van der Waals surface area contributed by atoms with Crippen molar-refractivity contribution in [2.45, 2.75) is 13.0 Å². The van der Waals surface area contributed by atoms with Crippen LogP contribution in [0, 0.1) is 0 Å². The van der Waals surface area contributed by atoms with Crippen LogP contribution in [0.5, 0.6) is 5.75 Å². The van der Waals surface area contributed by atoms with E-state index in [1.807, 2.05) is 0 Å². The molecule has 0 spiro atoms. The highest BCUT2D eigenvalue weighted by Gasteiger charge is 2.15. The molecule has 3 N–H and O–H groups in total. The van der Waals surface area contributed by atoms with Gasteiger partial charge in [0.15, 0.2) is 0 Å². The first-order valence-corrected chi connectivity index (χ1v) is 5.98. The summed E-state index contributed by atoms with van der Waals surface area (Å²) in [4.78, 5) is 22.7. The number of nitrogens with one attached hydrogen (secondary N) is 3. The molecule has 0 bridgehead atoms. The third-order valence-electron chi connectivity index (χ3n) is 2.39. The lowest BCUT2D eigenvalue weighted by Gasteiger charge is -2.15. The number of hydrogen-bond donors (Lipinski definition) is 3. The summed E-state index contributed by atoms with van der Waals surface area (Å²) in [5, 5.41) is 7.91. The fourth-order valence-electron chi connectivity index (χ4n) is 1.35. The molecule has 1 unspecified atom stereocenters. The van der Waals surface area contributed by atoms with Gasteiger partial charge in [-0.2, -0.15) is 0 Å². The number of amides is 3. The van der Waals surface area contributed by atoms with Crippen LogP contribution < -0.4 is 20.7 Å². The minimum absolute atomic E-state index is 0.437. The fourth-order valence-corrected chi connectivity index (χ4v) is 1.54. The van der Waals surface area contributed by atoms with E-state index in [-0.39, 0.29) is 0 Å². The second-order valence-electron chi connectivity index (χ2n) is 3.78. The van der Waals surface area contributed by atoms with Crippen molar-refractivity contribution in [3.8, 4) is 5.75 Å². The van der Waals surface area contributed by atoms with Gasteiger partial charge in [0.25, 0.3) is 0 Å². The molecule has 7 heteroatoms. The van der Waals surface area contributed by atoms with Crippen LogP contribution in [0.15, 0.2) is 18.2 Å². The zero-order valence-corrected chi connectivity index (χ0v) is 11.7. The third kappa shape index (κ3) is 4.33. The number of urea groups is 1. The Bertz CT molecular complexity index is 479. The van der Waals surface area contributed by atoms with Gasteiger partial charge in [-0.05, 0) is 19.1 Å². The molecule has 0 radical (unpaired) electrons. The Morgan fingerprint density at radius 3 is 2.63 bits per heavy atom. The minimum atomic E-state index is -0.580. The summed E-state index contributed by atoms with van der Waals surface area (Å²) >= 11 is 5.90. The topological polar surface area (TPSA) is 79.5 Å². The minimum Gasteiger partial charge on any atom is -0.495 e. The fraction of sp³-hybridized carbons (Fsp3) is 0.333. The van der Waals surface area contributed by atoms with Crippen molar-refractivity contribution in [3.05, 3.63) is 23.2 Å². The van der Waals surface area contributed by atoms with E-state index < -0.39 is 18.0 Å². The number of methoxy groups -OCH3 is 1. The average molecular weight is 286 g/mol. The maximum Gasteiger partial charge on any atom is 0.321 e. The Labute approximate surface area is 116 Å². The first-order valence-electron chi connectivity index (χ1n) is 5.60. The molecule has 0 heterocycles. The molecule has 0 aliphatic rings. The summed E-state index contributed by atoms with van der Waals surface area (Å²) in [6.45, 7) is 1.64. The van der Waals surface area contributed by atoms with Crippen LogP contribution in [0.2, 0.25) is 5.02 Å². The second kappa shape index (κ2) is 6.84. The van der Waals surface area contributed by atoms with Crippen molar-refractivity contribution < 1.29 is 14.3 Å². The molecular formula is C12H16ClN3O3. The van der Waals surface area contributed by atoms with Gasteiger partial charge in [-0.1, -0.05) is 11.6 Å². The highest BCUT2D eigenvalue weighted by molar-refractivity contribution is 6.32. The molecule has 0 saturated carbocycles. The Balaban J connectivity index is 2.68.